The number of hydrogen-bond donors (Lipinski definition) is 1. The van der Waals surface area contributed by atoms with Gasteiger partial charge in [-0.1, -0.05) is 0 Å². The fraction of sp³-hybridized carbons (Fsp3) is 0.0769. The maximum atomic E-state index is 12.8. The van der Waals surface area contributed by atoms with Crippen molar-refractivity contribution in [3.8, 4) is 0 Å². The Bertz CT molecular complexity index is 781. The Balaban J connectivity index is 1.92. The molecule has 0 bridgehead atoms. The van der Waals surface area contributed by atoms with Crippen LogP contribution in [0.5, 0.6) is 0 Å². The molecule has 0 spiro atoms. The van der Waals surface area contributed by atoms with E-state index in [9.17, 15) is 9.18 Å². The summed E-state index contributed by atoms with van der Waals surface area (Å²) in [5, 5.41) is 6.67. The van der Waals surface area contributed by atoms with Gasteiger partial charge in [0.15, 0.2) is 0 Å². The summed E-state index contributed by atoms with van der Waals surface area (Å²) in [4.78, 5) is 20.2. The summed E-state index contributed by atoms with van der Waals surface area (Å²) in [5.74, 6) is -0.260. The van der Waals surface area contributed by atoms with E-state index in [1.54, 1.807) is 6.92 Å². The SMILES string of the molecule is Cc1c(C(=O)Nc2ccc(F)cc2)cnc2ncnn12. The van der Waals surface area contributed by atoms with Crippen molar-refractivity contribution in [2.24, 2.45) is 0 Å². The minimum atomic E-state index is -0.357. The molecule has 3 rings (SSSR count). The van der Waals surface area contributed by atoms with E-state index in [1.165, 1.54) is 41.3 Å². The highest BCUT2D eigenvalue weighted by Gasteiger charge is 2.13. The van der Waals surface area contributed by atoms with Crippen LogP contribution in [-0.2, 0) is 0 Å². The van der Waals surface area contributed by atoms with Crippen LogP contribution in [0.3, 0.4) is 0 Å². The molecule has 0 aliphatic carbocycles. The summed E-state index contributed by atoms with van der Waals surface area (Å²) in [7, 11) is 0. The number of rotatable bonds is 2. The molecule has 7 heteroatoms. The highest BCUT2D eigenvalue weighted by molar-refractivity contribution is 6.04. The van der Waals surface area contributed by atoms with Crippen molar-refractivity contribution < 1.29 is 9.18 Å². The third-order valence-electron chi connectivity index (χ3n) is 2.89. The van der Waals surface area contributed by atoms with E-state index in [4.69, 9.17) is 0 Å². The first-order valence-electron chi connectivity index (χ1n) is 5.87. The van der Waals surface area contributed by atoms with Gasteiger partial charge in [0, 0.05) is 11.9 Å². The van der Waals surface area contributed by atoms with Crippen molar-refractivity contribution in [3.05, 3.63) is 53.9 Å². The summed E-state index contributed by atoms with van der Waals surface area (Å²) in [6.45, 7) is 1.75. The fourth-order valence-electron chi connectivity index (χ4n) is 1.84. The minimum Gasteiger partial charge on any atom is -0.322 e. The molecule has 6 nitrogen and oxygen atoms in total. The summed E-state index contributed by atoms with van der Waals surface area (Å²) in [6.07, 6.45) is 2.81. The van der Waals surface area contributed by atoms with Crippen molar-refractivity contribution in [2.75, 3.05) is 5.32 Å². The third-order valence-corrected chi connectivity index (χ3v) is 2.89. The van der Waals surface area contributed by atoms with Gasteiger partial charge in [0.1, 0.15) is 12.1 Å². The fourth-order valence-corrected chi connectivity index (χ4v) is 1.84. The molecule has 0 saturated heterocycles. The number of amides is 1. The first kappa shape index (κ1) is 12.2. The van der Waals surface area contributed by atoms with Crippen LogP contribution in [0.2, 0.25) is 0 Å². The van der Waals surface area contributed by atoms with Crippen molar-refractivity contribution in [3.63, 3.8) is 0 Å². The van der Waals surface area contributed by atoms with Crippen LogP contribution < -0.4 is 5.32 Å². The number of hydrogen-bond acceptors (Lipinski definition) is 4. The van der Waals surface area contributed by atoms with Crippen LogP contribution in [0.15, 0.2) is 36.8 Å². The smallest absolute Gasteiger partial charge is 0.259 e. The van der Waals surface area contributed by atoms with Crippen LogP contribution in [0, 0.1) is 12.7 Å². The van der Waals surface area contributed by atoms with E-state index in [-0.39, 0.29) is 11.7 Å². The highest BCUT2D eigenvalue weighted by atomic mass is 19.1. The number of benzene rings is 1. The molecule has 1 aromatic carbocycles. The molecule has 0 unspecified atom stereocenters. The van der Waals surface area contributed by atoms with Gasteiger partial charge < -0.3 is 5.32 Å². The summed E-state index contributed by atoms with van der Waals surface area (Å²) in [5.41, 5.74) is 1.52. The third kappa shape index (κ3) is 2.09. The molecule has 0 aliphatic heterocycles. The van der Waals surface area contributed by atoms with E-state index < -0.39 is 0 Å². The van der Waals surface area contributed by atoms with Gasteiger partial charge in [-0.2, -0.15) is 10.1 Å². The Labute approximate surface area is 113 Å². The van der Waals surface area contributed by atoms with Gasteiger partial charge in [-0.3, -0.25) is 4.79 Å². The Morgan fingerprint density at radius 3 is 2.75 bits per heavy atom. The number of carbonyl (C=O) groups is 1. The lowest BCUT2D eigenvalue weighted by Crippen LogP contribution is -2.16. The van der Waals surface area contributed by atoms with Crippen molar-refractivity contribution in [2.45, 2.75) is 6.92 Å². The number of fused-ring (bicyclic) bond motifs is 1. The van der Waals surface area contributed by atoms with Crippen LogP contribution in [0.4, 0.5) is 10.1 Å². The maximum absolute atomic E-state index is 12.8. The molecule has 3 aromatic rings. The molecule has 1 amide bonds. The average molecular weight is 271 g/mol. The number of anilines is 1. The number of nitrogens with one attached hydrogen (secondary N) is 1. The molecule has 0 saturated carbocycles. The van der Waals surface area contributed by atoms with E-state index in [1.807, 2.05) is 0 Å². The standard InChI is InChI=1S/C13H10FN5O/c1-8-11(6-15-13-16-7-17-19(8)13)12(20)18-10-4-2-9(14)3-5-10/h2-7H,1H3,(H,18,20). The van der Waals surface area contributed by atoms with E-state index in [0.29, 0.717) is 22.7 Å². The molecule has 2 heterocycles. The Morgan fingerprint density at radius 2 is 2.00 bits per heavy atom. The van der Waals surface area contributed by atoms with E-state index in [0.717, 1.165) is 0 Å². The lowest BCUT2D eigenvalue weighted by atomic mass is 10.2. The quantitative estimate of drug-likeness (QED) is 0.771. The Hall–Kier alpha value is -2.83. The molecular weight excluding hydrogens is 261 g/mol. The number of nitrogens with zero attached hydrogens (tertiary/aromatic N) is 4. The van der Waals surface area contributed by atoms with Crippen molar-refractivity contribution in [1.82, 2.24) is 19.6 Å². The van der Waals surface area contributed by atoms with Crippen molar-refractivity contribution in [1.29, 1.82) is 0 Å². The molecule has 0 atom stereocenters. The van der Waals surface area contributed by atoms with Crippen LogP contribution in [-0.4, -0.2) is 25.5 Å². The molecule has 100 valence electrons. The molecule has 0 radical (unpaired) electrons. The van der Waals surface area contributed by atoms with Crippen molar-refractivity contribution >= 4 is 17.4 Å². The summed E-state index contributed by atoms with van der Waals surface area (Å²) < 4.78 is 14.3. The molecule has 0 fully saturated rings. The van der Waals surface area contributed by atoms with Gasteiger partial charge in [0.2, 0.25) is 0 Å². The van der Waals surface area contributed by atoms with Crippen LogP contribution >= 0.6 is 0 Å². The Morgan fingerprint density at radius 1 is 1.25 bits per heavy atom. The molecular formula is C13H10FN5O. The van der Waals surface area contributed by atoms with Crippen LogP contribution in [0.1, 0.15) is 16.1 Å². The van der Waals surface area contributed by atoms with E-state index in [2.05, 4.69) is 20.4 Å². The molecule has 20 heavy (non-hydrogen) atoms. The van der Waals surface area contributed by atoms with Gasteiger partial charge >= 0.3 is 0 Å². The first-order chi connectivity index (χ1) is 9.65. The lowest BCUT2D eigenvalue weighted by molar-refractivity contribution is 0.102. The predicted molar refractivity (Wildman–Crippen MR) is 69.9 cm³/mol. The van der Waals surface area contributed by atoms with E-state index >= 15 is 0 Å². The lowest BCUT2D eigenvalue weighted by Gasteiger charge is -2.08. The van der Waals surface area contributed by atoms with Gasteiger partial charge in [0.25, 0.3) is 11.7 Å². The number of aromatic nitrogens is 4. The number of aryl methyl sites for hydroxylation is 1. The van der Waals surface area contributed by atoms with Gasteiger partial charge in [-0.15, -0.1) is 0 Å². The van der Waals surface area contributed by atoms with Gasteiger partial charge in [0.05, 0.1) is 11.3 Å². The topological polar surface area (TPSA) is 72.2 Å². The summed E-state index contributed by atoms with van der Waals surface area (Å²) in [6, 6.07) is 5.54. The highest BCUT2D eigenvalue weighted by Crippen LogP contribution is 2.13. The zero-order valence-corrected chi connectivity index (χ0v) is 10.5. The maximum Gasteiger partial charge on any atom is 0.259 e. The van der Waals surface area contributed by atoms with Gasteiger partial charge in [-0.05, 0) is 31.2 Å². The Kier molecular flexibility index (Phi) is 2.86. The zero-order valence-electron chi connectivity index (χ0n) is 10.5. The second-order valence-corrected chi connectivity index (χ2v) is 4.19. The van der Waals surface area contributed by atoms with Gasteiger partial charge in [-0.25, -0.2) is 13.9 Å². The second kappa shape index (κ2) is 4.69. The monoisotopic (exact) mass is 271 g/mol. The minimum absolute atomic E-state index is 0.334. The molecule has 1 N–H and O–H groups in total. The summed E-state index contributed by atoms with van der Waals surface area (Å²) >= 11 is 0. The number of carbonyl (C=O) groups excluding carboxylic acids is 1. The molecule has 2 aromatic heterocycles. The second-order valence-electron chi connectivity index (χ2n) is 4.19. The average Bonchev–Trinajstić information content (AvgIpc) is 2.91. The zero-order chi connectivity index (χ0) is 14.1. The predicted octanol–water partition coefficient (Wildman–Crippen LogP) is 1.82. The normalized spacial score (nSPS) is 10.7. The van der Waals surface area contributed by atoms with Crippen LogP contribution in [0.25, 0.3) is 5.78 Å². The molecule has 0 aliphatic rings. The largest absolute Gasteiger partial charge is 0.322 e. The number of halogens is 1. The first-order valence-corrected chi connectivity index (χ1v) is 5.87.